The molecule has 1 fully saturated rings. The van der Waals surface area contributed by atoms with Gasteiger partial charge in [0.05, 0.1) is 0 Å². The number of hydrogen-bond acceptors (Lipinski definition) is 3. The molecule has 3 heteroatoms. The van der Waals surface area contributed by atoms with Gasteiger partial charge in [-0.1, -0.05) is 6.07 Å². The number of piperidine rings is 1. The van der Waals surface area contributed by atoms with Crippen LogP contribution in [-0.4, -0.2) is 29.0 Å². The van der Waals surface area contributed by atoms with Crippen molar-refractivity contribution in [1.82, 2.24) is 9.88 Å². The van der Waals surface area contributed by atoms with E-state index >= 15 is 0 Å². The predicted octanol–water partition coefficient (Wildman–Crippen LogP) is 1.31. The van der Waals surface area contributed by atoms with Gasteiger partial charge < -0.3 is 5.73 Å². The second-order valence-corrected chi connectivity index (χ2v) is 4.45. The van der Waals surface area contributed by atoms with E-state index in [1.54, 1.807) is 0 Å². The number of nitrogens with zero attached hydrogens (tertiary/aromatic N) is 2. The number of aromatic nitrogens is 1. The van der Waals surface area contributed by atoms with Crippen molar-refractivity contribution in [1.29, 1.82) is 0 Å². The second-order valence-electron chi connectivity index (χ2n) is 4.45. The van der Waals surface area contributed by atoms with E-state index in [0.717, 1.165) is 18.8 Å². The van der Waals surface area contributed by atoms with Gasteiger partial charge >= 0.3 is 0 Å². The molecule has 0 radical (unpaired) electrons. The minimum absolute atomic E-state index is 0.358. The van der Waals surface area contributed by atoms with E-state index < -0.39 is 0 Å². The minimum Gasteiger partial charge on any atom is -0.327 e. The number of aryl methyl sites for hydroxylation is 1. The van der Waals surface area contributed by atoms with Crippen molar-refractivity contribution >= 4 is 0 Å². The molecule has 2 heterocycles. The van der Waals surface area contributed by atoms with E-state index in [9.17, 15) is 0 Å². The van der Waals surface area contributed by atoms with Crippen LogP contribution in [0.15, 0.2) is 18.3 Å². The Morgan fingerprint density at radius 1 is 1.53 bits per heavy atom. The molecule has 2 rings (SSSR count). The molecule has 1 saturated heterocycles. The Labute approximate surface area is 91.3 Å². The van der Waals surface area contributed by atoms with Crippen molar-refractivity contribution in [2.45, 2.75) is 32.4 Å². The Kier molecular flexibility index (Phi) is 3.34. The molecule has 82 valence electrons. The van der Waals surface area contributed by atoms with Crippen molar-refractivity contribution in [3.8, 4) is 0 Å². The smallest absolute Gasteiger partial charge is 0.0372 e. The zero-order valence-corrected chi connectivity index (χ0v) is 9.32. The van der Waals surface area contributed by atoms with Gasteiger partial charge in [0.2, 0.25) is 0 Å². The van der Waals surface area contributed by atoms with E-state index in [0.29, 0.717) is 6.04 Å². The molecule has 1 aromatic rings. The summed E-state index contributed by atoms with van der Waals surface area (Å²) in [4.78, 5) is 6.72. The SMILES string of the molecule is Cc1ccc(CN2CCC[C@@H](N)C2)cn1. The lowest BCUT2D eigenvalue weighted by Crippen LogP contribution is -2.42. The van der Waals surface area contributed by atoms with E-state index in [2.05, 4.69) is 22.0 Å². The summed E-state index contributed by atoms with van der Waals surface area (Å²) < 4.78 is 0. The molecule has 0 aromatic carbocycles. The van der Waals surface area contributed by atoms with Crippen molar-refractivity contribution < 1.29 is 0 Å². The summed E-state index contributed by atoms with van der Waals surface area (Å²) in [5.74, 6) is 0. The molecule has 0 saturated carbocycles. The zero-order valence-electron chi connectivity index (χ0n) is 9.32. The third-order valence-electron chi connectivity index (χ3n) is 2.92. The average molecular weight is 205 g/mol. The first-order valence-corrected chi connectivity index (χ1v) is 5.63. The van der Waals surface area contributed by atoms with E-state index in [4.69, 9.17) is 5.73 Å². The maximum Gasteiger partial charge on any atom is 0.0372 e. The lowest BCUT2D eigenvalue weighted by molar-refractivity contribution is 0.201. The van der Waals surface area contributed by atoms with Crippen LogP contribution in [0.3, 0.4) is 0 Å². The molecule has 1 aliphatic rings. The normalized spacial score (nSPS) is 22.9. The van der Waals surface area contributed by atoms with Gasteiger partial charge in [-0.05, 0) is 37.9 Å². The number of nitrogens with two attached hydrogens (primary N) is 1. The first kappa shape index (κ1) is 10.6. The average Bonchev–Trinajstić information content (AvgIpc) is 2.22. The monoisotopic (exact) mass is 205 g/mol. The summed E-state index contributed by atoms with van der Waals surface area (Å²) in [6.45, 7) is 5.19. The highest BCUT2D eigenvalue weighted by Gasteiger charge is 2.16. The Hall–Kier alpha value is -0.930. The van der Waals surface area contributed by atoms with Crippen LogP contribution in [0, 0.1) is 6.92 Å². The topological polar surface area (TPSA) is 42.1 Å². The Bertz CT molecular complexity index is 307. The van der Waals surface area contributed by atoms with Gasteiger partial charge in [-0.15, -0.1) is 0 Å². The van der Waals surface area contributed by atoms with Gasteiger partial charge in [-0.2, -0.15) is 0 Å². The van der Waals surface area contributed by atoms with Crippen LogP contribution in [0.2, 0.25) is 0 Å². The largest absolute Gasteiger partial charge is 0.327 e. The van der Waals surface area contributed by atoms with Crippen molar-refractivity contribution in [2.75, 3.05) is 13.1 Å². The fourth-order valence-corrected chi connectivity index (χ4v) is 2.09. The Balaban J connectivity index is 1.93. The molecule has 1 aromatic heterocycles. The van der Waals surface area contributed by atoms with Crippen molar-refractivity contribution in [3.05, 3.63) is 29.6 Å². The van der Waals surface area contributed by atoms with Crippen LogP contribution in [-0.2, 0) is 6.54 Å². The van der Waals surface area contributed by atoms with Crippen molar-refractivity contribution in [3.63, 3.8) is 0 Å². The molecule has 2 N–H and O–H groups in total. The molecule has 0 amide bonds. The third kappa shape index (κ3) is 3.01. The lowest BCUT2D eigenvalue weighted by atomic mass is 10.1. The number of likely N-dealkylation sites (tertiary alicyclic amines) is 1. The summed E-state index contributed by atoms with van der Waals surface area (Å²) in [6, 6.07) is 4.58. The van der Waals surface area contributed by atoms with E-state index in [1.165, 1.54) is 24.9 Å². The highest BCUT2D eigenvalue weighted by molar-refractivity contribution is 5.13. The van der Waals surface area contributed by atoms with Gasteiger partial charge in [-0.25, -0.2) is 0 Å². The van der Waals surface area contributed by atoms with Crippen LogP contribution < -0.4 is 5.73 Å². The maximum absolute atomic E-state index is 5.95. The fourth-order valence-electron chi connectivity index (χ4n) is 2.09. The summed E-state index contributed by atoms with van der Waals surface area (Å²) in [5.41, 5.74) is 8.31. The quantitative estimate of drug-likeness (QED) is 0.791. The summed E-state index contributed by atoms with van der Waals surface area (Å²) >= 11 is 0. The molecule has 3 nitrogen and oxygen atoms in total. The van der Waals surface area contributed by atoms with E-state index in [-0.39, 0.29) is 0 Å². The van der Waals surface area contributed by atoms with Crippen LogP contribution in [0.25, 0.3) is 0 Å². The molecule has 0 unspecified atom stereocenters. The van der Waals surface area contributed by atoms with Crippen molar-refractivity contribution in [2.24, 2.45) is 5.73 Å². The van der Waals surface area contributed by atoms with Gasteiger partial charge in [0.1, 0.15) is 0 Å². The predicted molar refractivity (Wildman–Crippen MR) is 61.5 cm³/mol. The molecule has 15 heavy (non-hydrogen) atoms. The highest BCUT2D eigenvalue weighted by Crippen LogP contribution is 2.12. The number of hydrogen-bond donors (Lipinski definition) is 1. The third-order valence-corrected chi connectivity index (χ3v) is 2.92. The molecular formula is C12H19N3. The number of pyridine rings is 1. The van der Waals surface area contributed by atoms with Gasteiger partial charge in [0, 0.05) is 31.0 Å². The Morgan fingerprint density at radius 3 is 3.07 bits per heavy atom. The lowest BCUT2D eigenvalue weighted by Gasteiger charge is -2.30. The minimum atomic E-state index is 0.358. The molecule has 0 aliphatic carbocycles. The zero-order chi connectivity index (χ0) is 10.7. The van der Waals surface area contributed by atoms with Crippen LogP contribution >= 0.6 is 0 Å². The van der Waals surface area contributed by atoms with Crippen LogP contribution in [0.4, 0.5) is 0 Å². The summed E-state index contributed by atoms with van der Waals surface area (Å²) in [7, 11) is 0. The van der Waals surface area contributed by atoms with Gasteiger partial charge in [-0.3, -0.25) is 9.88 Å². The van der Waals surface area contributed by atoms with E-state index in [1.807, 2.05) is 13.1 Å². The fraction of sp³-hybridized carbons (Fsp3) is 0.583. The van der Waals surface area contributed by atoms with Crippen LogP contribution in [0.1, 0.15) is 24.1 Å². The summed E-state index contributed by atoms with van der Waals surface area (Å²) in [6.07, 6.45) is 4.36. The Morgan fingerprint density at radius 2 is 2.40 bits per heavy atom. The molecule has 0 bridgehead atoms. The second kappa shape index (κ2) is 4.73. The first-order chi connectivity index (χ1) is 7.24. The van der Waals surface area contributed by atoms with Gasteiger partial charge in [0.15, 0.2) is 0 Å². The molecular weight excluding hydrogens is 186 g/mol. The molecule has 1 aliphatic heterocycles. The summed E-state index contributed by atoms with van der Waals surface area (Å²) in [5, 5.41) is 0. The maximum atomic E-state index is 5.95. The standard InChI is InChI=1S/C12H19N3/c1-10-4-5-11(7-14-10)8-15-6-2-3-12(13)9-15/h4-5,7,12H,2-3,6,8-9,13H2,1H3/t12-/m1/s1. The van der Waals surface area contributed by atoms with Gasteiger partial charge in [0.25, 0.3) is 0 Å². The number of rotatable bonds is 2. The molecule has 0 spiro atoms. The van der Waals surface area contributed by atoms with Crippen LogP contribution in [0.5, 0.6) is 0 Å². The highest BCUT2D eigenvalue weighted by atomic mass is 15.1. The first-order valence-electron chi connectivity index (χ1n) is 5.63. The molecule has 1 atom stereocenters.